The van der Waals surface area contributed by atoms with Gasteiger partial charge in [0.15, 0.2) is 5.82 Å². The van der Waals surface area contributed by atoms with Gasteiger partial charge in [0, 0.05) is 36.9 Å². The molecule has 3 heterocycles. The third kappa shape index (κ3) is 2.36. The zero-order valence-electron chi connectivity index (χ0n) is 12.7. The minimum Gasteiger partial charge on any atom is -0.341 e. The fourth-order valence-electron chi connectivity index (χ4n) is 2.83. The summed E-state index contributed by atoms with van der Waals surface area (Å²) in [5.41, 5.74) is 2.07. The van der Waals surface area contributed by atoms with Gasteiger partial charge in [-0.3, -0.25) is 10.3 Å². The maximum absolute atomic E-state index is 11.4. The van der Waals surface area contributed by atoms with Crippen molar-refractivity contribution in [1.29, 1.82) is 0 Å². The van der Waals surface area contributed by atoms with Crippen molar-refractivity contribution in [3.8, 4) is 0 Å². The van der Waals surface area contributed by atoms with Crippen molar-refractivity contribution in [3.05, 3.63) is 42.6 Å². The quantitative estimate of drug-likeness (QED) is 0.762. The zero-order valence-corrected chi connectivity index (χ0v) is 12.7. The standard InChI is InChI=1S/C16H16N6O/c1-17-16(23)19-14-10-15-21(7-8-22(15)20-14)12-4-5-13-11(9-12)3-2-6-18-13/h2-6,9-10H,7-8H2,1H3,(H2,17,19,20,23). The summed E-state index contributed by atoms with van der Waals surface area (Å²) >= 11 is 0. The van der Waals surface area contributed by atoms with Crippen LogP contribution in [0.1, 0.15) is 0 Å². The van der Waals surface area contributed by atoms with E-state index in [-0.39, 0.29) is 6.03 Å². The van der Waals surface area contributed by atoms with Gasteiger partial charge >= 0.3 is 6.03 Å². The van der Waals surface area contributed by atoms with Crippen LogP contribution in [0.15, 0.2) is 42.6 Å². The maximum Gasteiger partial charge on any atom is 0.320 e. The number of carbonyl (C=O) groups excluding carboxylic acids is 1. The first-order valence-electron chi connectivity index (χ1n) is 7.43. The summed E-state index contributed by atoms with van der Waals surface area (Å²) in [4.78, 5) is 18.0. The number of aromatic nitrogens is 3. The molecule has 0 radical (unpaired) electrons. The molecule has 1 aliphatic heterocycles. The first-order valence-corrected chi connectivity index (χ1v) is 7.43. The van der Waals surface area contributed by atoms with Crippen LogP contribution in [0, 0.1) is 0 Å². The van der Waals surface area contributed by atoms with Crippen LogP contribution in [0.4, 0.5) is 22.1 Å². The molecule has 0 aliphatic carbocycles. The van der Waals surface area contributed by atoms with Gasteiger partial charge in [-0.15, -0.1) is 0 Å². The van der Waals surface area contributed by atoms with E-state index in [1.165, 1.54) is 0 Å². The monoisotopic (exact) mass is 308 g/mol. The molecule has 3 aromatic rings. The van der Waals surface area contributed by atoms with Crippen molar-refractivity contribution in [2.75, 3.05) is 23.8 Å². The highest BCUT2D eigenvalue weighted by molar-refractivity contribution is 5.89. The number of hydrogen-bond donors (Lipinski definition) is 2. The summed E-state index contributed by atoms with van der Waals surface area (Å²) in [6.07, 6.45) is 1.80. The normalized spacial score (nSPS) is 13.2. The zero-order chi connectivity index (χ0) is 15.8. The van der Waals surface area contributed by atoms with Crippen molar-refractivity contribution in [2.24, 2.45) is 0 Å². The highest BCUT2D eigenvalue weighted by atomic mass is 16.2. The number of carbonyl (C=O) groups is 1. The van der Waals surface area contributed by atoms with E-state index in [1.807, 2.05) is 22.9 Å². The number of pyridine rings is 1. The summed E-state index contributed by atoms with van der Waals surface area (Å²) in [5, 5.41) is 10.7. The van der Waals surface area contributed by atoms with E-state index in [0.29, 0.717) is 5.82 Å². The third-order valence-electron chi connectivity index (χ3n) is 3.94. The largest absolute Gasteiger partial charge is 0.341 e. The van der Waals surface area contributed by atoms with E-state index < -0.39 is 0 Å². The summed E-state index contributed by atoms with van der Waals surface area (Å²) < 4.78 is 1.90. The van der Waals surface area contributed by atoms with Crippen LogP contribution >= 0.6 is 0 Å². The predicted molar refractivity (Wildman–Crippen MR) is 89.1 cm³/mol. The Morgan fingerprint density at radius 2 is 2.13 bits per heavy atom. The summed E-state index contributed by atoms with van der Waals surface area (Å²) in [7, 11) is 1.58. The Hall–Kier alpha value is -3.09. The highest BCUT2D eigenvalue weighted by Gasteiger charge is 2.23. The number of nitrogens with zero attached hydrogens (tertiary/aromatic N) is 4. The van der Waals surface area contributed by atoms with Crippen LogP contribution in [0.25, 0.3) is 10.9 Å². The lowest BCUT2D eigenvalue weighted by Crippen LogP contribution is -2.24. The molecule has 2 N–H and O–H groups in total. The smallest absolute Gasteiger partial charge is 0.320 e. The summed E-state index contributed by atoms with van der Waals surface area (Å²) in [5.74, 6) is 1.52. The molecule has 4 rings (SSSR count). The van der Waals surface area contributed by atoms with Gasteiger partial charge in [0.2, 0.25) is 0 Å². The molecule has 116 valence electrons. The molecule has 0 saturated heterocycles. The number of rotatable bonds is 2. The number of anilines is 3. The van der Waals surface area contributed by atoms with Crippen LogP contribution in [0.2, 0.25) is 0 Å². The van der Waals surface area contributed by atoms with Crippen molar-refractivity contribution < 1.29 is 4.79 Å². The summed E-state index contributed by atoms with van der Waals surface area (Å²) in [6.45, 7) is 1.64. The molecule has 0 unspecified atom stereocenters. The van der Waals surface area contributed by atoms with Crippen LogP contribution < -0.4 is 15.5 Å². The molecule has 7 heteroatoms. The van der Waals surface area contributed by atoms with E-state index in [4.69, 9.17) is 0 Å². The highest BCUT2D eigenvalue weighted by Crippen LogP contribution is 2.33. The third-order valence-corrected chi connectivity index (χ3v) is 3.94. The van der Waals surface area contributed by atoms with E-state index in [1.54, 1.807) is 13.2 Å². The maximum atomic E-state index is 11.4. The minimum absolute atomic E-state index is 0.273. The van der Waals surface area contributed by atoms with Gasteiger partial charge in [0.25, 0.3) is 0 Å². The fraction of sp³-hybridized carbons (Fsp3) is 0.188. The number of benzene rings is 1. The average molecular weight is 308 g/mol. The predicted octanol–water partition coefficient (Wildman–Crippen LogP) is 2.33. The Balaban J connectivity index is 1.67. The minimum atomic E-state index is -0.273. The second kappa shape index (κ2) is 5.28. The number of urea groups is 1. The molecule has 7 nitrogen and oxygen atoms in total. The molecule has 23 heavy (non-hydrogen) atoms. The number of amides is 2. The van der Waals surface area contributed by atoms with E-state index in [2.05, 4.69) is 43.8 Å². The lowest BCUT2D eigenvalue weighted by Gasteiger charge is -2.17. The second-order valence-electron chi connectivity index (χ2n) is 5.35. The lowest BCUT2D eigenvalue weighted by atomic mass is 10.2. The van der Waals surface area contributed by atoms with Crippen LogP contribution in [0.5, 0.6) is 0 Å². The number of fused-ring (bicyclic) bond motifs is 2. The topological polar surface area (TPSA) is 75.1 Å². The van der Waals surface area contributed by atoms with Gasteiger partial charge in [-0.25, -0.2) is 9.48 Å². The van der Waals surface area contributed by atoms with Gasteiger partial charge < -0.3 is 10.2 Å². The first-order chi connectivity index (χ1) is 11.2. The Morgan fingerprint density at radius 3 is 3.00 bits per heavy atom. The Morgan fingerprint density at radius 1 is 1.22 bits per heavy atom. The molecule has 2 amide bonds. The molecule has 0 spiro atoms. The van der Waals surface area contributed by atoms with Gasteiger partial charge in [-0.05, 0) is 24.3 Å². The van der Waals surface area contributed by atoms with Crippen LogP contribution in [-0.2, 0) is 6.54 Å². The van der Waals surface area contributed by atoms with E-state index in [0.717, 1.165) is 35.5 Å². The molecule has 2 aromatic heterocycles. The average Bonchev–Trinajstić information content (AvgIpc) is 3.14. The summed E-state index contributed by atoms with van der Waals surface area (Å²) in [6, 6.07) is 11.8. The van der Waals surface area contributed by atoms with Crippen molar-refractivity contribution in [2.45, 2.75) is 6.54 Å². The van der Waals surface area contributed by atoms with Crippen LogP contribution in [0.3, 0.4) is 0 Å². The van der Waals surface area contributed by atoms with Gasteiger partial charge in [0.1, 0.15) is 5.82 Å². The number of hydrogen-bond acceptors (Lipinski definition) is 4. The van der Waals surface area contributed by atoms with Crippen molar-refractivity contribution in [1.82, 2.24) is 20.1 Å². The SMILES string of the molecule is CNC(=O)Nc1cc2n(n1)CCN2c1ccc2ncccc2c1. The van der Waals surface area contributed by atoms with Gasteiger partial charge in [-0.2, -0.15) is 5.10 Å². The van der Waals surface area contributed by atoms with Gasteiger partial charge in [-0.1, -0.05) is 6.07 Å². The molecule has 0 bridgehead atoms. The molecule has 0 atom stereocenters. The fourth-order valence-corrected chi connectivity index (χ4v) is 2.83. The molecule has 0 saturated carbocycles. The van der Waals surface area contributed by atoms with Crippen molar-refractivity contribution >= 4 is 34.3 Å². The lowest BCUT2D eigenvalue weighted by molar-refractivity contribution is 0.254. The van der Waals surface area contributed by atoms with Crippen molar-refractivity contribution in [3.63, 3.8) is 0 Å². The molecule has 1 aromatic carbocycles. The molecule has 0 fully saturated rings. The van der Waals surface area contributed by atoms with E-state index in [9.17, 15) is 4.79 Å². The molecular weight excluding hydrogens is 292 g/mol. The van der Waals surface area contributed by atoms with E-state index >= 15 is 0 Å². The molecule has 1 aliphatic rings. The second-order valence-corrected chi connectivity index (χ2v) is 5.35. The molecular formula is C16H16N6O. The Kier molecular flexibility index (Phi) is 3.11. The van der Waals surface area contributed by atoms with Gasteiger partial charge in [0.05, 0.1) is 12.1 Å². The first kappa shape index (κ1) is 13.6. The Labute approximate surface area is 132 Å². The number of nitrogens with one attached hydrogen (secondary N) is 2. The Bertz CT molecular complexity index is 887. The van der Waals surface area contributed by atoms with Crippen LogP contribution in [-0.4, -0.2) is 34.4 Å².